The summed E-state index contributed by atoms with van der Waals surface area (Å²) in [6.07, 6.45) is 5.41. The van der Waals surface area contributed by atoms with E-state index in [1.807, 2.05) is 47.4 Å². The molecule has 0 radical (unpaired) electrons. The number of para-hydroxylation sites is 1. The van der Waals surface area contributed by atoms with Gasteiger partial charge in [0, 0.05) is 42.5 Å². The maximum atomic E-state index is 13.3. The molecular weight excluding hydrogens is 336 g/mol. The summed E-state index contributed by atoms with van der Waals surface area (Å²) >= 11 is 0. The van der Waals surface area contributed by atoms with E-state index in [-0.39, 0.29) is 11.9 Å². The number of amides is 1. The number of hydrogen-bond acceptors (Lipinski definition) is 4. The Kier molecular flexibility index (Phi) is 4.86. The number of pyridine rings is 2. The van der Waals surface area contributed by atoms with Crippen molar-refractivity contribution in [3.8, 4) is 11.3 Å². The lowest BCUT2D eigenvalue weighted by Gasteiger charge is -2.34. The quantitative estimate of drug-likeness (QED) is 0.776. The number of likely N-dealkylation sites (tertiary alicyclic amines) is 1. The van der Waals surface area contributed by atoms with Gasteiger partial charge in [-0.05, 0) is 49.9 Å². The van der Waals surface area contributed by atoms with Gasteiger partial charge in [-0.15, -0.1) is 0 Å². The van der Waals surface area contributed by atoms with E-state index in [1.54, 1.807) is 12.4 Å². The monoisotopic (exact) mass is 360 g/mol. The highest BCUT2D eigenvalue weighted by Crippen LogP contribution is 2.27. The van der Waals surface area contributed by atoms with E-state index in [0.29, 0.717) is 11.5 Å². The van der Waals surface area contributed by atoms with Crippen LogP contribution in [0.4, 0.5) is 0 Å². The predicted octanol–water partition coefficient (Wildman–Crippen LogP) is 3.50. The highest BCUT2D eigenvalue weighted by atomic mass is 16.2. The molecule has 1 saturated heterocycles. The van der Waals surface area contributed by atoms with Crippen molar-refractivity contribution < 1.29 is 4.79 Å². The summed E-state index contributed by atoms with van der Waals surface area (Å²) in [5, 5.41) is 0.898. The fourth-order valence-electron chi connectivity index (χ4n) is 3.82. The van der Waals surface area contributed by atoms with E-state index in [9.17, 15) is 4.79 Å². The molecule has 1 fully saturated rings. The molecule has 1 aliphatic heterocycles. The van der Waals surface area contributed by atoms with Gasteiger partial charge in [0.05, 0.1) is 16.8 Å². The molecule has 3 heterocycles. The van der Waals surface area contributed by atoms with Gasteiger partial charge in [0.15, 0.2) is 0 Å². The zero-order chi connectivity index (χ0) is 18.8. The standard InChI is InChI=1S/C22H24N4O/c1-15(23)16-8-12-26(13-9-16)22(27)19-14-21(17-6-10-24-11-7-17)25-20-5-3-2-4-18(19)20/h2-7,10-11,14-16H,8-9,12-13,23H2,1H3. The Morgan fingerprint density at radius 2 is 1.85 bits per heavy atom. The molecule has 0 saturated carbocycles. The summed E-state index contributed by atoms with van der Waals surface area (Å²) in [7, 11) is 0. The molecule has 2 aromatic heterocycles. The number of nitrogens with zero attached hydrogens (tertiary/aromatic N) is 3. The number of aromatic nitrogens is 2. The first-order valence-electron chi connectivity index (χ1n) is 9.48. The molecule has 1 aromatic carbocycles. The lowest BCUT2D eigenvalue weighted by atomic mass is 9.90. The summed E-state index contributed by atoms with van der Waals surface area (Å²) in [5.41, 5.74) is 9.35. The van der Waals surface area contributed by atoms with Crippen molar-refractivity contribution >= 4 is 16.8 Å². The van der Waals surface area contributed by atoms with Crippen molar-refractivity contribution in [2.75, 3.05) is 13.1 Å². The highest BCUT2D eigenvalue weighted by Gasteiger charge is 2.26. The zero-order valence-electron chi connectivity index (χ0n) is 15.5. The molecule has 1 atom stereocenters. The van der Waals surface area contributed by atoms with Gasteiger partial charge >= 0.3 is 0 Å². The van der Waals surface area contributed by atoms with Crippen LogP contribution in [0.2, 0.25) is 0 Å². The van der Waals surface area contributed by atoms with Crippen LogP contribution in [0.15, 0.2) is 54.9 Å². The van der Waals surface area contributed by atoms with Crippen molar-refractivity contribution in [1.82, 2.24) is 14.9 Å². The highest BCUT2D eigenvalue weighted by molar-refractivity contribution is 6.07. The largest absolute Gasteiger partial charge is 0.339 e. The summed E-state index contributed by atoms with van der Waals surface area (Å²) in [6.45, 7) is 3.57. The molecule has 27 heavy (non-hydrogen) atoms. The minimum absolute atomic E-state index is 0.0760. The van der Waals surface area contributed by atoms with Crippen molar-refractivity contribution in [3.05, 3.63) is 60.4 Å². The van der Waals surface area contributed by atoms with Crippen LogP contribution in [0.25, 0.3) is 22.2 Å². The lowest BCUT2D eigenvalue weighted by Crippen LogP contribution is -2.42. The van der Waals surface area contributed by atoms with Gasteiger partial charge in [-0.2, -0.15) is 0 Å². The first-order valence-corrected chi connectivity index (χ1v) is 9.48. The van der Waals surface area contributed by atoms with Crippen LogP contribution in [0.5, 0.6) is 0 Å². The molecule has 0 aliphatic carbocycles. The second kappa shape index (κ2) is 7.45. The van der Waals surface area contributed by atoms with E-state index < -0.39 is 0 Å². The number of hydrogen-bond donors (Lipinski definition) is 1. The number of piperidine rings is 1. The molecule has 3 aromatic rings. The predicted molar refractivity (Wildman–Crippen MR) is 107 cm³/mol. The Morgan fingerprint density at radius 1 is 1.15 bits per heavy atom. The van der Waals surface area contributed by atoms with E-state index in [1.165, 1.54) is 0 Å². The van der Waals surface area contributed by atoms with Crippen molar-refractivity contribution in [2.24, 2.45) is 11.7 Å². The summed E-state index contributed by atoms with van der Waals surface area (Å²) in [4.78, 5) is 24.1. The van der Waals surface area contributed by atoms with Crippen molar-refractivity contribution in [2.45, 2.75) is 25.8 Å². The van der Waals surface area contributed by atoms with Gasteiger partial charge in [0.1, 0.15) is 0 Å². The van der Waals surface area contributed by atoms with E-state index in [0.717, 1.165) is 48.1 Å². The third-order valence-corrected chi connectivity index (χ3v) is 5.49. The Labute approximate surface area is 159 Å². The molecule has 138 valence electrons. The molecule has 4 rings (SSSR count). The molecule has 1 amide bonds. The van der Waals surface area contributed by atoms with Crippen LogP contribution < -0.4 is 5.73 Å². The van der Waals surface area contributed by atoms with Crippen LogP contribution in [-0.4, -0.2) is 39.9 Å². The van der Waals surface area contributed by atoms with Gasteiger partial charge in [-0.25, -0.2) is 4.98 Å². The summed E-state index contributed by atoms with van der Waals surface area (Å²) in [6, 6.07) is 13.8. The smallest absolute Gasteiger partial charge is 0.254 e. The average molecular weight is 360 g/mol. The minimum Gasteiger partial charge on any atom is -0.339 e. The van der Waals surface area contributed by atoms with Gasteiger partial charge in [-0.1, -0.05) is 18.2 Å². The number of nitrogens with two attached hydrogens (primary N) is 1. The molecular formula is C22H24N4O. The third kappa shape index (κ3) is 3.55. The number of benzene rings is 1. The van der Waals surface area contributed by atoms with Crippen LogP contribution in [-0.2, 0) is 0 Å². The topological polar surface area (TPSA) is 72.1 Å². The first kappa shape index (κ1) is 17.6. The fraction of sp³-hybridized carbons (Fsp3) is 0.318. The van der Waals surface area contributed by atoms with Gasteiger partial charge < -0.3 is 10.6 Å². The minimum atomic E-state index is 0.0760. The second-order valence-electron chi connectivity index (χ2n) is 7.30. The Balaban J connectivity index is 1.71. The molecule has 5 nitrogen and oxygen atoms in total. The average Bonchev–Trinajstić information content (AvgIpc) is 2.73. The maximum Gasteiger partial charge on any atom is 0.254 e. The summed E-state index contributed by atoms with van der Waals surface area (Å²) < 4.78 is 0. The Hall–Kier alpha value is -2.79. The van der Waals surface area contributed by atoms with Crippen molar-refractivity contribution in [1.29, 1.82) is 0 Å². The summed E-state index contributed by atoms with van der Waals surface area (Å²) in [5.74, 6) is 0.572. The van der Waals surface area contributed by atoms with Crippen molar-refractivity contribution in [3.63, 3.8) is 0 Å². The Morgan fingerprint density at radius 3 is 2.56 bits per heavy atom. The number of carbonyl (C=O) groups is 1. The van der Waals surface area contributed by atoms with Crippen LogP contribution in [0, 0.1) is 5.92 Å². The number of rotatable bonds is 3. The van der Waals surface area contributed by atoms with Gasteiger partial charge in [-0.3, -0.25) is 9.78 Å². The molecule has 5 heteroatoms. The molecule has 0 bridgehead atoms. The third-order valence-electron chi connectivity index (χ3n) is 5.49. The van der Waals surface area contributed by atoms with Gasteiger partial charge in [0.25, 0.3) is 5.91 Å². The van der Waals surface area contributed by atoms with Crippen LogP contribution in [0.3, 0.4) is 0 Å². The lowest BCUT2D eigenvalue weighted by molar-refractivity contribution is 0.0683. The second-order valence-corrected chi connectivity index (χ2v) is 7.30. The normalized spacial score (nSPS) is 16.4. The van der Waals surface area contributed by atoms with Crippen LogP contribution in [0.1, 0.15) is 30.1 Å². The Bertz CT molecular complexity index is 947. The number of carbonyl (C=O) groups excluding carboxylic acids is 1. The number of fused-ring (bicyclic) bond motifs is 1. The maximum absolute atomic E-state index is 13.3. The molecule has 1 aliphatic rings. The first-order chi connectivity index (χ1) is 13.1. The molecule has 1 unspecified atom stereocenters. The molecule has 2 N–H and O–H groups in total. The molecule has 0 spiro atoms. The van der Waals surface area contributed by atoms with E-state index >= 15 is 0 Å². The van der Waals surface area contributed by atoms with Gasteiger partial charge in [0.2, 0.25) is 0 Å². The van der Waals surface area contributed by atoms with E-state index in [4.69, 9.17) is 10.7 Å². The van der Waals surface area contributed by atoms with Crippen LogP contribution >= 0.6 is 0 Å². The van der Waals surface area contributed by atoms with E-state index in [2.05, 4.69) is 11.9 Å². The fourth-order valence-corrected chi connectivity index (χ4v) is 3.82. The SMILES string of the molecule is CC(N)C1CCN(C(=O)c2cc(-c3ccncc3)nc3ccccc23)CC1. The zero-order valence-corrected chi connectivity index (χ0v) is 15.5.